The van der Waals surface area contributed by atoms with E-state index in [-0.39, 0.29) is 36.7 Å². The molecule has 31 heavy (non-hydrogen) atoms. The van der Waals surface area contributed by atoms with E-state index in [1.807, 2.05) is 0 Å². The van der Waals surface area contributed by atoms with Crippen LogP contribution in [-0.2, 0) is 9.59 Å². The van der Waals surface area contributed by atoms with Crippen LogP contribution in [0, 0.1) is 10.1 Å². The van der Waals surface area contributed by atoms with Gasteiger partial charge in [0.05, 0.1) is 9.83 Å². The van der Waals surface area contributed by atoms with Gasteiger partial charge in [-0.3, -0.25) is 24.6 Å². The molecule has 11 heteroatoms. The van der Waals surface area contributed by atoms with Crippen LogP contribution in [0.3, 0.4) is 0 Å². The van der Waals surface area contributed by atoms with Gasteiger partial charge in [-0.1, -0.05) is 47.7 Å². The number of amides is 1. The van der Waals surface area contributed by atoms with Gasteiger partial charge in [0.25, 0.3) is 5.91 Å². The molecule has 0 radical (unpaired) electrons. The number of nitro benzene ring substituents is 1. The SMILES string of the molecule is O=C(O)CCCN1C(=O)C(=Cc2ccc(Oc3cccc(Cl)c3)c([N+](=O)[O-])c2)SC1=S. The van der Waals surface area contributed by atoms with E-state index in [1.165, 1.54) is 29.2 Å². The fourth-order valence-electron chi connectivity index (χ4n) is 2.74. The van der Waals surface area contributed by atoms with Gasteiger partial charge >= 0.3 is 11.7 Å². The minimum atomic E-state index is -0.951. The molecule has 2 aromatic rings. The highest BCUT2D eigenvalue weighted by molar-refractivity contribution is 8.26. The van der Waals surface area contributed by atoms with Crippen molar-refractivity contribution in [2.75, 3.05) is 6.54 Å². The Labute approximate surface area is 191 Å². The van der Waals surface area contributed by atoms with Gasteiger partial charge in [-0.05, 0) is 42.3 Å². The van der Waals surface area contributed by atoms with Gasteiger partial charge in [0, 0.05) is 24.1 Å². The molecule has 0 unspecified atom stereocenters. The Kier molecular flexibility index (Phi) is 7.26. The predicted molar refractivity (Wildman–Crippen MR) is 121 cm³/mol. The maximum Gasteiger partial charge on any atom is 0.312 e. The standard InChI is InChI=1S/C20H15ClN2O6S2/c21-13-3-1-4-14(11-13)29-16-7-6-12(9-15(16)23(27)28)10-17-19(26)22(20(30)31-17)8-2-5-18(24)25/h1,3-4,6-7,9-11H,2,5,8H2,(H,24,25). The number of nitrogens with zero attached hydrogens (tertiary/aromatic N) is 2. The van der Waals surface area contributed by atoms with Crippen molar-refractivity contribution in [3.05, 3.63) is 68.1 Å². The second-order valence-electron chi connectivity index (χ2n) is 6.37. The van der Waals surface area contributed by atoms with E-state index in [4.69, 9.17) is 33.7 Å². The number of carboxylic acid groups (broad SMARTS) is 1. The highest BCUT2D eigenvalue weighted by Gasteiger charge is 2.31. The van der Waals surface area contributed by atoms with Crippen molar-refractivity contribution in [3.8, 4) is 11.5 Å². The van der Waals surface area contributed by atoms with Crippen LogP contribution < -0.4 is 4.74 Å². The topological polar surface area (TPSA) is 110 Å². The van der Waals surface area contributed by atoms with E-state index in [9.17, 15) is 19.7 Å². The minimum Gasteiger partial charge on any atom is -0.481 e. The summed E-state index contributed by atoms with van der Waals surface area (Å²) in [5.41, 5.74) is 0.154. The van der Waals surface area contributed by atoms with E-state index >= 15 is 0 Å². The quantitative estimate of drug-likeness (QED) is 0.241. The number of aliphatic carboxylic acids is 1. The average Bonchev–Trinajstić information content (AvgIpc) is 2.96. The van der Waals surface area contributed by atoms with E-state index in [0.29, 0.717) is 25.6 Å². The number of thiocarbonyl (C=S) groups is 1. The van der Waals surface area contributed by atoms with Gasteiger partial charge in [0.2, 0.25) is 5.75 Å². The third-order valence-electron chi connectivity index (χ3n) is 4.15. The van der Waals surface area contributed by atoms with Crippen molar-refractivity contribution >= 4 is 63.5 Å². The van der Waals surface area contributed by atoms with Crippen molar-refractivity contribution in [2.45, 2.75) is 12.8 Å². The molecule has 0 aliphatic carbocycles. The predicted octanol–water partition coefficient (Wildman–Crippen LogP) is 5.11. The summed E-state index contributed by atoms with van der Waals surface area (Å²) in [6.07, 6.45) is 1.71. The Morgan fingerprint density at radius 1 is 1.32 bits per heavy atom. The number of ether oxygens (including phenoxy) is 1. The van der Waals surface area contributed by atoms with E-state index in [1.54, 1.807) is 24.3 Å². The zero-order chi connectivity index (χ0) is 22.5. The highest BCUT2D eigenvalue weighted by atomic mass is 35.5. The number of nitro groups is 1. The lowest BCUT2D eigenvalue weighted by molar-refractivity contribution is -0.385. The van der Waals surface area contributed by atoms with Gasteiger partial charge in [0.15, 0.2) is 0 Å². The molecule has 2 aromatic carbocycles. The molecule has 160 valence electrons. The van der Waals surface area contributed by atoms with Crippen LogP contribution in [0.4, 0.5) is 5.69 Å². The Morgan fingerprint density at radius 2 is 2.10 bits per heavy atom. The number of hydrogen-bond donors (Lipinski definition) is 1. The van der Waals surface area contributed by atoms with Gasteiger partial charge in [0.1, 0.15) is 10.1 Å². The lowest BCUT2D eigenvalue weighted by Gasteiger charge is -2.13. The number of carboxylic acids is 1. The Balaban J connectivity index is 1.81. The molecule has 1 aliphatic rings. The average molecular weight is 479 g/mol. The largest absolute Gasteiger partial charge is 0.481 e. The Morgan fingerprint density at radius 3 is 2.77 bits per heavy atom. The number of thioether (sulfide) groups is 1. The first-order valence-corrected chi connectivity index (χ1v) is 10.5. The fourth-order valence-corrected chi connectivity index (χ4v) is 4.23. The van der Waals surface area contributed by atoms with Crippen LogP contribution in [0.25, 0.3) is 6.08 Å². The maximum atomic E-state index is 12.6. The van der Waals surface area contributed by atoms with Gasteiger partial charge in [-0.25, -0.2) is 0 Å². The summed E-state index contributed by atoms with van der Waals surface area (Å²) in [6, 6.07) is 10.8. The van der Waals surface area contributed by atoms with Gasteiger partial charge in [-0.15, -0.1) is 0 Å². The Hall–Kier alpha value is -2.95. The smallest absolute Gasteiger partial charge is 0.312 e. The van der Waals surface area contributed by atoms with Gasteiger partial charge < -0.3 is 9.84 Å². The highest BCUT2D eigenvalue weighted by Crippen LogP contribution is 2.36. The molecule has 0 atom stereocenters. The number of benzene rings is 2. The zero-order valence-corrected chi connectivity index (χ0v) is 18.2. The van der Waals surface area contributed by atoms with Crippen molar-refractivity contribution in [1.82, 2.24) is 4.90 Å². The molecule has 0 spiro atoms. The van der Waals surface area contributed by atoms with E-state index < -0.39 is 10.9 Å². The fraction of sp³-hybridized carbons (Fsp3) is 0.150. The van der Waals surface area contributed by atoms with E-state index in [0.717, 1.165) is 11.8 Å². The lowest BCUT2D eigenvalue weighted by Crippen LogP contribution is -2.29. The minimum absolute atomic E-state index is 0.0330. The first-order chi connectivity index (χ1) is 14.7. The van der Waals surface area contributed by atoms with Gasteiger partial charge in [-0.2, -0.15) is 0 Å². The molecule has 8 nitrogen and oxygen atoms in total. The number of halogens is 1. The first-order valence-electron chi connectivity index (χ1n) is 8.93. The summed E-state index contributed by atoms with van der Waals surface area (Å²) in [5.74, 6) is -0.924. The Bertz CT molecular complexity index is 1100. The molecular weight excluding hydrogens is 464 g/mol. The molecule has 1 saturated heterocycles. The number of rotatable bonds is 8. The summed E-state index contributed by atoms with van der Waals surface area (Å²) < 4.78 is 5.92. The third kappa shape index (κ3) is 5.81. The summed E-state index contributed by atoms with van der Waals surface area (Å²) in [4.78, 5) is 35.9. The molecule has 1 fully saturated rings. The van der Waals surface area contributed by atoms with E-state index in [2.05, 4.69) is 0 Å². The molecule has 1 amide bonds. The third-order valence-corrected chi connectivity index (χ3v) is 5.76. The molecule has 0 bridgehead atoms. The van der Waals surface area contributed by atoms with Crippen molar-refractivity contribution < 1.29 is 24.4 Å². The summed E-state index contributed by atoms with van der Waals surface area (Å²) in [5, 5.41) is 20.7. The summed E-state index contributed by atoms with van der Waals surface area (Å²) in [7, 11) is 0. The van der Waals surface area contributed by atoms with Crippen molar-refractivity contribution in [2.24, 2.45) is 0 Å². The second-order valence-corrected chi connectivity index (χ2v) is 8.49. The van der Waals surface area contributed by atoms with Crippen LogP contribution in [0.5, 0.6) is 11.5 Å². The summed E-state index contributed by atoms with van der Waals surface area (Å²) in [6.45, 7) is 0.195. The summed E-state index contributed by atoms with van der Waals surface area (Å²) >= 11 is 12.2. The van der Waals surface area contributed by atoms with Crippen LogP contribution in [0.2, 0.25) is 5.02 Å². The number of hydrogen-bond acceptors (Lipinski definition) is 7. The van der Waals surface area contributed by atoms with Crippen molar-refractivity contribution in [1.29, 1.82) is 0 Å². The second kappa shape index (κ2) is 9.90. The van der Waals surface area contributed by atoms with Crippen LogP contribution in [-0.4, -0.2) is 37.7 Å². The molecule has 0 saturated carbocycles. The molecular formula is C20H15ClN2O6S2. The van der Waals surface area contributed by atoms with Crippen molar-refractivity contribution in [3.63, 3.8) is 0 Å². The van der Waals surface area contributed by atoms with Crippen LogP contribution in [0.1, 0.15) is 18.4 Å². The maximum absolute atomic E-state index is 12.6. The monoisotopic (exact) mass is 478 g/mol. The molecule has 0 aromatic heterocycles. The normalized spacial score (nSPS) is 14.9. The number of carbonyl (C=O) groups excluding carboxylic acids is 1. The van der Waals surface area contributed by atoms with Crippen LogP contribution in [0.15, 0.2) is 47.4 Å². The lowest BCUT2D eigenvalue weighted by atomic mass is 10.1. The number of carbonyl (C=O) groups is 2. The first kappa shape index (κ1) is 22.7. The van der Waals surface area contributed by atoms with Crippen LogP contribution >= 0.6 is 35.6 Å². The molecule has 3 rings (SSSR count). The zero-order valence-electron chi connectivity index (χ0n) is 15.8. The molecule has 1 aliphatic heterocycles. The molecule has 1 N–H and O–H groups in total. The molecule has 1 heterocycles.